The number of aliphatic hydroxyl groups is 1. The SMILES string of the molecule is C[C@@H]1[C@@H]([Si](C)(C)F)[C@H](CC(=O)N2CCC[C@H]2CO)O[C@@]12C(=O)N(c1ccccc1)c1ccc(N3C(=O)c4ccccc4Oc4ccccc43)cc12. The Hall–Kier alpha value is -4.84. The van der Waals surface area contributed by atoms with Gasteiger partial charge in [-0.1, -0.05) is 49.4 Å². The molecule has 262 valence electrons. The normalized spacial score (nSPS) is 25.5. The number of aliphatic hydroxyl groups excluding tert-OH is 1. The van der Waals surface area contributed by atoms with Crippen molar-refractivity contribution in [3.05, 3.63) is 108 Å². The van der Waals surface area contributed by atoms with E-state index in [-0.39, 0.29) is 36.8 Å². The highest BCUT2D eigenvalue weighted by molar-refractivity contribution is 6.72. The summed E-state index contributed by atoms with van der Waals surface area (Å²) in [5.74, 6) is -0.617. The molecule has 5 atom stereocenters. The van der Waals surface area contributed by atoms with Gasteiger partial charge in [-0.2, -0.15) is 0 Å². The van der Waals surface area contributed by atoms with Crippen molar-refractivity contribution < 1.29 is 33.1 Å². The van der Waals surface area contributed by atoms with Crippen LogP contribution in [0, 0.1) is 5.92 Å². The zero-order chi connectivity index (χ0) is 35.7. The lowest BCUT2D eigenvalue weighted by Gasteiger charge is -2.31. The Morgan fingerprint density at radius 1 is 0.902 bits per heavy atom. The molecule has 4 aromatic rings. The van der Waals surface area contributed by atoms with E-state index in [1.807, 2.05) is 73.7 Å². The number of nitrogens with zero attached hydrogens (tertiary/aromatic N) is 3. The molecule has 0 saturated carbocycles. The van der Waals surface area contributed by atoms with Crippen LogP contribution >= 0.6 is 0 Å². The maximum atomic E-state index is 16.6. The number of anilines is 4. The van der Waals surface area contributed by atoms with E-state index >= 15 is 8.90 Å². The summed E-state index contributed by atoms with van der Waals surface area (Å²) < 4.78 is 29.8. The molecule has 4 aromatic carbocycles. The van der Waals surface area contributed by atoms with Gasteiger partial charge in [-0.3, -0.25) is 24.2 Å². The van der Waals surface area contributed by atoms with Gasteiger partial charge in [0.1, 0.15) is 5.75 Å². The van der Waals surface area contributed by atoms with Crippen molar-refractivity contribution in [2.75, 3.05) is 23.0 Å². The van der Waals surface area contributed by atoms with E-state index in [2.05, 4.69) is 0 Å². The minimum atomic E-state index is -3.58. The van der Waals surface area contributed by atoms with Crippen LogP contribution in [-0.4, -0.2) is 61.4 Å². The number of carbonyl (C=O) groups is 3. The van der Waals surface area contributed by atoms with Gasteiger partial charge in [-0.25, -0.2) is 0 Å². The van der Waals surface area contributed by atoms with Crippen LogP contribution in [0.15, 0.2) is 97.1 Å². The van der Waals surface area contributed by atoms with Gasteiger partial charge in [0, 0.05) is 34.9 Å². The number of ether oxygens (including phenoxy) is 2. The predicted octanol–water partition coefficient (Wildman–Crippen LogP) is 7.60. The van der Waals surface area contributed by atoms with E-state index in [1.54, 1.807) is 58.1 Å². The number of benzene rings is 4. The Morgan fingerprint density at radius 3 is 2.35 bits per heavy atom. The van der Waals surface area contributed by atoms with Crippen LogP contribution in [0.4, 0.5) is 26.9 Å². The van der Waals surface area contributed by atoms with Crippen molar-refractivity contribution >= 4 is 48.9 Å². The van der Waals surface area contributed by atoms with Crippen molar-refractivity contribution in [3.8, 4) is 11.5 Å². The molecule has 4 aliphatic rings. The predicted molar refractivity (Wildman–Crippen MR) is 194 cm³/mol. The second-order valence-electron chi connectivity index (χ2n) is 14.4. The van der Waals surface area contributed by atoms with Gasteiger partial charge in [0.25, 0.3) is 11.8 Å². The molecular weight excluding hydrogens is 666 g/mol. The minimum Gasteiger partial charge on any atom is -0.454 e. The number of halogens is 1. The summed E-state index contributed by atoms with van der Waals surface area (Å²) in [5.41, 5.74) is 0.753. The van der Waals surface area contributed by atoms with E-state index in [0.29, 0.717) is 58.3 Å². The number of hydrogen-bond donors (Lipinski definition) is 1. The molecule has 9 nitrogen and oxygen atoms in total. The second kappa shape index (κ2) is 12.4. The lowest BCUT2D eigenvalue weighted by molar-refractivity contribution is -0.149. The van der Waals surface area contributed by atoms with Crippen LogP contribution in [0.5, 0.6) is 11.5 Å². The first kappa shape index (κ1) is 33.3. The van der Waals surface area contributed by atoms with Crippen LogP contribution in [-0.2, 0) is 19.9 Å². The second-order valence-corrected chi connectivity index (χ2v) is 18.2. The van der Waals surface area contributed by atoms with Gasteiger partial charge in [0.05, 0.1) is 42.1 Å². The number of likely N-dealkylation sites (tertiary alicyclic amines) is 1. The first-order valence-electron chi connectivity index (χ1n) is 17.6. The highest BCUT2D eigenvalue weighted by atomic mass is 28.4. The Bertz CT molecular complexity index is 2040. The Balaban J connectivity index is 1.29. The molecule has 0 bridgehead atoms. The van der Waals surface area contributed by atoms with E-state index in [4.69, 9.17) is 9.47 Å². The van der Waals surface area contributed by atoms with Crippen LogP contribution in [0.1, 0.15) is 42.1 Å². The molecule has 3 amide bonds. The molecule has 1 N–H and O–H groups in total. The van der Waals surface area contributed by atoms with Gasteiger partial charge in [0.15, 0.2) is 11.4 Å². The van der Waals surface area contributed by atoms with Crippen LogP contribution in [0.2, 0.25) is 18.6 Å². The highest BCUT2D eigenvalue weighted by Gasteiger charge is 2.67. The van der Waals surface area contributed by atoms with Crippen LogP contribution in [0.3, 0.4) is 0 Å². The summed E-state index contributed by atoms with van der Waals surface area (Å²) in [4.78, 5) is 48.1. The molecule has 51 heavy (non-hydrogen) atoms. The number of para-hydroxylation sites is 4. The van der Waals surface area contributed by atoms with E-state index in [9.17, 15) is 14.7 Å². The molecule has 0 aliphatic carbocycles. The third kappa shape index (κ3) is 5.20. The molecule has 1 spiro atoms. The molecule has 0 radical (unpaired) electrons. The molecule has 0 aromatic heterocycles. The fraction of sp³-hybridized carbons (Fsp3) is 0.325. The average Bonchev–Trinajstić information content (AvgIpc) is 3.76. The van der Waals surface area contributed by atoms with E-state index in [0.717, 1.165) is 6.42 Å². The van der Waals surface area contributed by atoms with E-state index in [1.165, 1.54) is 0 Å². The molecule has 11 heteroatoms. The first-order valence-corrected chi connectivity index (χ1v) is 20.5. The number of rotatable bonds is 6. The van der Waals surface area contributed by atoms with Crippen LogP contribution < -0.4 is 14.5 Å². The Kier molecular flexibility index (Phi) is 8.12. The summed E-state index contributed by atoms with van der Waals surface area (Å²) in [5, 5.41) is 9.94. The van der Waals surface area contributed by atoms with Crippen molar-refractivity contribution in [1.29, 1.82) is 0 Å². The highest BCUT2D eigenvalue weighted by Crippen LogP contribution is 2.62. The molecule has 4 aliphatic heterocycles. The number of amides is 3. The lowest BCUT2D eigenvalue weighted by atomic mass is 9.82. The zero-order valence-corrected chi connectivity index (χ0v) is 29.8. The Labute approximate surface area is 297 Å². The summed E-state index contributed by atoms with van der Waals surface area (Å²) in [6.07, 6.45) is 0.503. The molecular formula is C40H40FN3O6Si. The van der Waals surface area contributed by atoms with Gasteiger partial charge < -0.3 is 23.6 Å². The summed E-state index contributed by atoms with van der Waals surface area (Å²) >= 11 is 0. The van der Waals surface area contributed by atoms with Gasteiger partial charge in [0.2, 0.25) is 14.3 Å². The largest absolute Gasteiger partial charge is 0.454 e. The lowest BCUT2D eigenvalue weighted by Crippen LogP contribution is -2.44. The molecule has 8 rings (SSSR count). The summed E-state index contributed by atoms with van der Waals surface area (Å²) in [6.45, 7) is 5.45. The smallest absolute Gasteiger partial charge is 0.268 e. The first-order chi connectivity index (χ1) is 24.5. The number of hydrogen-bond acceptors (Lipinski definition) is 6. The maximum absolute atomic E-state index is 16.6. The maximum Gasteiger partial charge on any atom is 0.268 e. The summed E-state index contributed by atoms with van der Waals surface area (Å²) in [6, 6.07) is 28.7. The standard InChI is InChI=1S/C40H40FN3O6Si/c1-25-37(51(2,3)41)35(23-36(46)42-21-11-14-28(42)24-45)50-40(25)30-22-27(19-20-31(30)44(39(40)48)26-12-5-4-6-13-26)43-32-16-8-10-18-34(32)49-33-17-9-7-15-29(33)38(43)47/h4-10,12-13,15-20,22,25,28,35,37,45H,11,14,21,23-24H2,1-3H3/t25-,28+,35+,37-,40+/m1/s1. The van der Waals surface area contributed by atoms with Gasteiger partial charge in [-0.15, -0.1) is 0 Å². The van der Waals surface area contributed by atoms with Gasteiger partial charge in [-0.05, 0) is 80.5 Å². The topological polar surface area (TPSA) is 99.6 Å². The fourth-order valence-corrected chi connectivity index (χ4v) is 11.3. The number of carbonyl (C=O) groups excluding carboxylic acids is 3. The molecule has 2 fully saturated rings. The monoisotopic (exact) mass is 705 g/mol. The summed E-state index contributed by atoms with van der Waals surface area (Å²) in [7, 11) is -3.58. The van der Waals surface area contributed by atoms with Crippen molar-refractivity contribution in [3.63, 3.8) is 0 Å². The zero-order valence-electron chi connectivity index (χ0n) is 28.8. The molecule has 2 saturated heterocycles. The van der Waals surface area contributed by atoms with Crippen LogP contribution in [0.25, 0.3) is 0 Å². The number of fused-ring (bicyclic) bond motifs is 4. The fourth-order valence-electron chi connectivity index (χ4n) is 8.84. The third-order valence-electron chi connectivity index (χ3n) is 11.1. The van der Waals surface area contributed by atoms with Crippen molar-refractivity contribution in [2.45, 2.75) is 62.6 Å². The molecule has 0 unspecified atom stereocenters. The average molecular weight is 706 g/mol. The van der Waals surface area contributed by atoms with Crippen molar-refractivity contribution in [2.24, 2.45) is 5.92 Å². The Morgan fingerprint density at radius 2 is 1.61 bits per heavy atom. The minimum absolute atomic E-state index is 0.104. The van der Waals surface area contributed by atoms with Gasteiger partial charge >= 0.3 is 0 Å². The van der Waals surface area contributed by atoms with Crippen molar-refractivity contribution in [1.82, 2.24) is 4.90 Å². The third-order valence-corrected chi connectivity index (χ3v) is 13.5. The van der Waals surface area contributed by atoms with E-state index < -0.39 is 31.6 Å². The quantitative estimate of drug-likeness (QED) is 0.164. The molecule has 4 heterocycles.